The van der Waals surface area contributed by atoms with Gasteiger partial charge in [-0.1, -0.05) is 13.8 Å². The minimum atomic E-state index is -5.61. The minimum Gasteiger partial charge on any atom is -0.383 e. The third-order valence-corrected chi connectivity index (χ3v) is 7.93. The van der Waals surface area contributed by atoms with Gasteiger partial charge in [0.05, 0.1) is 12.0 Å². The highest BCUT2D eigenvalue weighted by atomic mass is 31.3. The van der Waals surface area contributed by atoms with Crippen LogP contribution in [0.2, 0.25) is 0 Å². The molecule has 0 saturated carbocycles. The van der Waals surface area contributed by atoms with E-state index >= 15 is 0 Å². The maximum Gasteiger partial charge on any atom is 0.490 e. The van der Waals surface area contributed by atoms with Crippen LogP contribution >= 0.6 is 23.5 Å². The van der Waals surface area contributed by atoms with E-state index in [4.69, 9.17) is 29.9 Å². The number of nitrogens with zero attached hydrogens (tertiary/aromatic N) is 3. The first-order chi connectivity index (χ1) is 14.7. The quantitative estimate of drug-likeness (QED) is 0.295. The number of anilines is 1. The Morgan fingerprint density at radius 2 is 1.88 bits per heavy atom. The summed E-state index contributed by atoms with van der Waals surface area (Å²) in [5.41, 5.74) is 7.35. The van der Waals surface area contributed by atoms with Crippen molar-refractivity contribution in [2.45, 2.75) is 32.3 Å². The summed E-state index contributed by atoms with van der Waals surface area (Å²) in [5, 5.41) is 0.655. The van der Waals surface area contributed by atoms with Gasteiger partial charge in [-0.15, -0.1) is 0 Å². The van der Waals surface area contributed by atoms with Crippen LogP contribution in [0.15, 0.2) is 12.5 Å². The van der Waals surface area contributed by atoms with Crippen LogP contribution < -0.4 is 5.73 Å². The largest absolute Gasteiger partial charge is 0.490 e. The van der Waals surface area contributed by atoms with Gasteiger partial charge in [0.15, 0.2) is 12.5 Å². The van der Waals surface area contributed by atoms with Crippen LogP contribution in [0.1, 0.15) is 31.6 Å². The van der Waals surface area contributed by atoms with Gasteiger partial charge >= 0.3 is 23.5 Å². The van der Waals surface area contributed by atoms with E-state index in [0.29, 0.717) is 16.9 Å². The van der Waals surface area contributed by atoms with Crippen LogP contribution in [0, 0.1) is 0 Å². The summed E-state index contributed by atoms with van der Waals surface area (Å²) < 4.78 is 58.3. The van der Waals surface area contributed by atoms with Crippen molar-refractivity contribution in [1.29, 1.82) is 0 Å². The SMILES string of the molecule is CC(C)c1cn([C@H]2CO[C@@H](COP(=O)(O)OP(=O)(O)OP(=O)(O)O)O2)c2ncnc(N)c12. The standard InChI is InChI=1S/C13H21N4O12P3/c1-7(2)8-3-17(13-11(8)12(14)15-6-16-13)9-4-25-10(27-9)5-26-31(21,22)29-32(23,24)28-30(18,19)20/h3,6-7,9-10H,4-5H2,1-2H3,(H,21,22)(H,23,24)(H2,14,15,16)(H2,18,19,20)/t9-,10-/m1/s1. The smallest absolute Gasteiger partial charge is 0.383 e. The molecule has 4 atom stereocenters. The fourth-order valence-electron chi connectivity index (χ4n) is 2.93. The Balaban J connectivity index is 1.67. The molecule has 0 amide bonds. The molecule has 1 aliphatic rings. The lowest BCUT2D eigenvalue weighted by atomic mass is 10.0. The summed E-state index contributed by atoms with van der Waals surface area (Å²) in [4.78, 5) is 44.0. The number of aromatic nitrogens is 3. The molecule has 16 nitrogen and oxygen atoms in total. The number of phosphoric ester groups is 1. The first-order valence-corrected chi connectivity index (χ1v) is 13.4. The van der Waals surface area contributed by atoms with E-state index in [-0.39, 0.29) is 12.5 Å². The van der Waals surface area contributed by atoms with Gasteiger partial charge in [0, 0.05) is 6.20 Å². The van der Waals surface area contributed by atoms with Crippen LogP contribution in [-0.2, 0) is 36.3 Å². The number of ether oxygens (including phenoxy) is 2. The number of nitrogen functional groups attached to an aromatic ring is 1. The van der Waals surface area contributed by atoms with Crippen molar-refractivity contribution in [3.8, 4) is 0 Å². The predicted octanol–water partition coefficient (Wildman–Crippen LogP) is 1.35. The molecule has 6 N–H and O–H groups in total. The van der Waals surface area contributed by atoms with Crippen molar-refractivity contribution >= 4 is 40.3 Å². The number of phosphoric acid groups is 3. The molecule has 3 heterocycles. The molecule has 3 rings (SSSR count). The molecule has 19 heteroatoms. The summed E-state index contributed by atoms with van der Waals surface area (Å²) in [6.45, 7) is 3.19. The lowest BCUT2D eigenvalue weighted by Crippen LogP contribution is -2.17. The molecule has 0 bridgehead atoms. The fourth-order valence-corrected chi connectivity index (χ4v) is 5.93. The van der Waals surface area contributed by atoms with Gasteiger partial charge in [0.1, 0.15) is 24.4 Å². The lowest BCUT2D eigenvalue weighted by Gasteiger charge is -2.18. The molecular formula is C13H21N4O12P3. The Hall–Kier alpha value is -1.25. The van der Waals surface area contributed by atoms with E-state index < -0.39 is 42.6 Å². The number of hydrogen-bond donors (Lipinski definition) is 5. The third-order valence-electron chi connectivity index (χ3n) is 4.12. The van der Waals surface area contributed by atoms with Crippen molar-refractivity contribution < 1.29 is 55.9 Å². The monoisotopic (exact) mass is 518 g/mol. The molecule has 1 aliphatic heterocycles. The molecule has 0 aromatic carbocycles. The second-order valence-electron chi connectivity index (χ2n) is 6.84. The van der Waals surface area contributed by atoms with Crippen molar-refractivity contribution in [3.63, 3.8) is 0 Å². The van der Waals surface area contributed by atoms with Crippen molar-refractivity contribution in [2.75, 3.05) is 18.9 Å². The molecule has 0 aliphatic carbocycles. The van der Waals surface area contributed by atoms with Crippen LogP contribution in [0.3, 0.4) is 0 Å². The highest BCUT2D eigenvalue weighted by Crippen LogP contribution is 2.66. The Bertz CT molecular complexity index is 1130. The van der Waals surface area contributed by atoms with Crippen LogP contribution in [-0.4, -0.2) is 53.6 Å². The normalized spacial score (nSPS) is 23.5. The number of rotatable bonds is 9. The van der Waals surface area contributed by atoms with Crippen molar-refractivity contribution in [2.24, 2.45) is 0 Å². The average Bonchev–Trinajstić information content (AvgIpc) is 3.22. The summed E-state index contributed by atoms with van der Waals surface area (Å²) in [6.07, 6.45) is 1.16. The van der Waals surface area contributed by atoms with E-state index in [1.54, 1.807) is 10.8 Å². The molecule has 2 unspecified atom stereocenters. The Morgan fingerprint density at radius 3 is 2.50 bits per heavy atom. The summed E-state index contributed by atoms with van der Waals surface area (Å²) >= 11 is 0. The van der Waals surface area contributed by atoms with Gasteiger partial charge in [-0.25, -0.2) is 23.7 Å². The molecule has 2 aromatic heterocycles. The second-order valence-corrected chi connectivity index (χ2v) is 11.3. The maximum absolute atomic E-state index is 11.8. The predicted molar refractivity (Wildman–Crippen MR) is 106 cm³/mol. The Kier molecular flexibility index (Phi) is 7.28. The minimum absolute atomic E-state index is 0.00432. The van der Waals surface area contributed by atoms with Gasteiger partial charge in [0.25, 0.3) is 0 Å². The van der Waals surface area contributed by atoms with E-state index in [1.807, 2.05) is 13.8 Å². The Morgan fingerprint density at radius 1 is 1.19 bits per heavy atom. The van der Waals surface area contributed by atoms with Crippen LogP contribution in [0.5, 0.6) is 0 Å². The molecule has 180 valence electrons. The molecular weight excluding hydrogens is 497 g/mol. The van der Waals surface area contributed by atoms with E-state index in [1.165, 1.54) is 6.33 Å². The number of hydrogen-bond acceptors (Lipinski definition) is 11. The zero-order chi connectivity index (χ0) is 23.9. The van der Waals surface area contributed by atoms with Crippen molar-refractivity contribution in [1.82, 2.24) is 14.5 Å². The van der Waals surface area contributed by atoms with Gasteiger partial charge in [-0.05, 0) is 11.5 Å². The highest BCUT2D eigenvalue weighted by Gasteiger charge is 2.41. The molecule has 32 heavy (non-hydrogen) atoms. The second kappa shape index (κ2) is 9.18. The lowest BCUT2D eigenvalue weighted by molar-refractivity contribution is -0.0961. The van der Waals surface area contributed by atoms with Crippen LogP contribution in [0.25, 0.3) is 11.0 Å². The average molecular weight is 518 g/mol. The fraction of sp³-hybridized carbons (Fsp3) is 0.538. The molecule has 0 radical (unpaired) electrons. The highest BCUT2D eigenvalue weighted by molar-refractivity contribution is 7.66. The van der Waals surface area contributed by atoms with E-state index in [2.05, 4.69) is 23.1 Å². The molecule has 0 spiro atoms. The molecule has 1 fully saturated rings. The topological polar surface area (TPSA) is 235 Å². The first-order valence-electron chi connectivity index (χ1n) is 8.84. The molecule has 2 aromatic rings. The van der Waals surface area contributed by atoms with E-state index in [0.717, 1.165) is 5.56 Å². The van der Waals surface area contributed by atoms with E-state index in [9.17, 15) is 18.6 Å². The molecule has 1 saturated heterocycles. The van der Waals surface area contributed by atoms with Gasteiger partial charge in [0.2, 0.25) is 0 Å². The van der Waals surface area contributed by atoms with Crippen LogP contribution in [0.4, 0.5) is 5.82 Å². The summed E-state index contributed by atoms with van der Waals surface area (Å²) in [6, 6.07) is 0. The number of nitrogens with two attached hydrogens (primary N) is 1. The van der Waals surface area contributed by atoms with Gasteiger partial charge < -0.3 is 39.3 Å². The first kappa shape index (κ1) is 25.4. The summed E-state index contributed by atoms with van der Waals surface area (Å²) in [5.74, 6) is 0.385. The zero-order valence-corrected chi connectivity index (χ0v) is 19.3. The summed E-state index contributed by atoms with van der Waals surface area (Å²) in [7, 11) is -16.4. The zero-order valence-electron chi connectivity index (χ0n) is 16.6. The third kappa shape index (κ3) is 6.20. The van der Waals surface area contributed by atoms with Gasteiger partial charge in [-0.3, -0.25) is 4.52 Å². The Labute approximate surface area is 180 Å². The maximum atomic E-state index is 11.8. The van der Waals surface area contributed by atoms with Gasteiger partial charge in [-0.2, -0.15) is 8.62 Å². The number of fused-ring (bicyclic) bond motifs is 1. The van der Waals surface area contributed by atoms with Crippen molar-refractivity contribution in [3.05, 3.63) is 18.1 Å².